The van der Waals surface area contributed by atoms with Gasteiger partial charge >= 0.3 is 0 Å². The highest BCUT2D eigenvalue weighted by atomic mass is 15.1. The fourth-order valence-corrected chi connectivity index (χ4v) is 1.95. The van der Waals surface area contributed by atoms with Gasteiger partial charge in [-0.2, -0.15) is 0 Å². The Hall–Kier alpha value is -1.96. The number of benzene rings is 2. The largest absolute Gasteiger partial charge is 0.397 e. The van der Waals surface area contributed by atoms with E-state index in [1.165, 1.54) is 11.3 Å². The smallest absolute Gasteiger partial charge is 0.0644 e. The van der Waals surface area contributed by atoms with Crippen LogP contribution in [0.2, 0.25) is 0 Å². The summed E-state index contributed by atoms with van der Waals surface area (Å²) in [6.45, 7) is 5.13. The van der Waals surface area contributed by atoms with Gasteiger partial charge in [0, 0.05) is 12.2 Å². The summed E-state index contributed by atoms with van der Waals surface area (Å²) in [5.74, 6) is 0. The Bertz CT molecular complexity index is 489. The minimum Gasteiger partial charge on any atom is -0.397 e. The van der Waals surface area contributed by atoms with E-state index < -0.39 is 0 Å². The molecule has 2 N–H and O–H groups in total. The summed E-state index contributed by atoms with van der Waals surface area (Å²) >= 11 is 0. The van der Waals surface area contributed by atoms with Crippen molar-refractivity contribution in [3.63, 3.8) is 0 Å². The van der Waals surface area contributed by atoms with Gasteiger partial charge < -0.3 is 10.6 Å². The second-order valence-electron chi connectivity index (χ2n) is 4.14. The summed E-state index contributed by atoms with van der Waals surface area (Å²) in [6.07, 6.45) is 0. The highest BCUT2D eigenvalue weighted by Gasteiger charge is 2.09. The molecule has 0 amide bonds. The summed E-state index contributed by atoms with van der Waals surface area (Å²) in [5.41, 5.74) is 10.4. The van der Waals surface area contributed by atoms with E-state index >= 15 is 0 Å². The number of hydrogen-bond donors (Lipinski definition) is 1. The number of aryl methyl sites for hydroxylation is 1. The molecule has 88 valence electrons. The zero-order chi connectivity index (χ0) is 12.3. The van der Waals surface area contributed by atoms with Crippen molar-refractivity contribution in [2.75, 3.05) is 17.2 Å². The van der Waals surface area contributed by atoms with E-state index in [0.29, 0.717) is 0 Å². The maximum Gasteiger partial charge on any atom is 0.0644 e. The average Bonchev–Trinajstić information content (AvgIpc) is 2.35. The Labute approximate surface area is 103 Å². The van der Waals surface area contributed by atoms with Crippen molar-refractivity contribution in [1.82, 2.24) is 0 Å². The Kier molecular flexibility index (Phi) is 3.33. The van der Waals surface area contributed by atoms with Gasteiger partial charge in [-0.3, -0.25) is 0 Å². The number of anilines is 3. The normalized spacial score (nSPS) is 10.2. The van der Waals surface area contributed by atoms with Gasteiger partial charge in [0.25, 0.3) is 0 Å². The minimum atomic E-state index is 0.815. The maximum absolute atomic E-state index is 6.02. The van der Waals surface area contributed by atoms with E-state index in [9.17, 15) is 0 Å². The number of hydrogen-bond acceptors (Lipinski definition) is 2. The predicted octanol–water partition coefficient (Wildman–Crippen LogP) is 3.74. The third-order valence-electron chi connectivity index (χ3n) is 2.89. The molecule has 0 radical (unpaired) electrons. The van der Waals surface area contributed by atoms with Crippen LogP contribution in [0.1, 0.15) is 12.5 Å². The maximum atomic E-state index is 6.02. The lowest BCUT2D eigenvalue weighted by Gasteiger charge is -2.24. The van der Waals surface area contributed by atoms with E-state index in [0.717, 1.165) is 17.9 Å². The Balaban J connectivity index is 2.40. The van der Waals surface area contributed by atoms with Crippen molar-refractivity contribution in [2.45, 2.75) is 13.8 Å². The molecule has 0 aliphatic rings. The lowest BCUT2D eigenvalue weighted by Crippen LogP contribution is -2.17. The first-order valence-corrected chi connectivity index (χ1v) is 5.91. The van der Waals surface area contributed by atoms with Gasteiger partial charge in [-0.05, 0) is 38.1 Å². The summed E-state index contributed by atoms with van der Waals surface area (Å²) in [6, 6.07) is 16.5. The molecule has 0 saturated heterocycles. The Morgan fingerprint density at radius 1 is 1.00 bits per heavy atom. The standard InChI is InChI=1S/C15H18N2/c1-3-17(13-10-8-12(2)9-11-13)15-7-5-4-6-14(15)16/h4-11H,3,16H2,1-2H3. The van der Waals surface area contributed by atoms with Crippen molar-refractivity contribution in [2.24, 2.45) is 0 Å². The Morgan fingerprint density at radius 2 is 1.65 bits per heavy atom. The van der Waals surface area contributed by atoms with Gasteiger partial charge in [-0.15, -0.1) is 0 Å². The summed E-state index contributed by atoms with van der Waals surface area (Å²) in [4.78, 5) is 2.22. The molecule has 17 heavy (non-hydrogen) atoms. The topological polar surface area (TPSA) is 29.3 Å². The van der Waals surface area contributed by atoms with Gasteiger partial charge in [0.05, 0.1) is 11.4 Å². The molecule has 2 aromatic carbocycles. The molecular formula is C15H18N2. The second-order valence-corrected chi connectivity index (χ2v) is 4.14. The zero-order valence-corrected chi connectivity index (χ0v) is 10.4. The van der Waals surface area contributed by atoms with Crippen LogP contribution in [0.25, 0.3) is 0 Å². The minimum absolute atomic E-state index is 0.815. The van der Waals surface area contributed by atoms with Crippen molar-refractivity contribution >= 4 is 17.1 Å². The number of nitrogens with zero attached hydrogens (tertiary/aromatic N) is 1. The molecule has 2 heteroatoms. The van der Waals surface area contributed by atoms with Gasteiger partial charge in [-0.25, -0.2) is 0 Å². The van der Waals surface area contributed by atoms with Gasteiger partial charge in [0.2, 0.25) is 0 Å². The number of rotatable bonds is 3. The number of nitrogens with two attached hydrogens (primary N) is 1. The third kappa shape index (κ3) is 2.41. The van der Waals surface area contributed by atoms with Crippen LogP contribution in [-0.2, 0) is 0 Å². The monoisotopic (exact) mass is 226 g/mol. The first-order chi connectivity index (χ1) is 8.22. The van der Waals surface area contributed by atoms with Crippen LogP contribution in [0.15, 0.2) is 48.5 Å². The molecule has 0 bridgehead atoms. The van der Waals surface area contributed by atoms with E-state index in [2.05, 4.69) is 49.1 Å². The van der Waals surface area contributed by atoms with Crippen LogP contribution in [-0.4, -0.2) is 6.54 Å². The molecule has 0 aliphatic carbocycles. The molecule has 2 aromatic rings. The van der Waals surface area contributed by atoms with Crippen molar-refractivity contribution in [3.05, 3.63) is 54.1 Å². The SMILES string of the molecule is CCN(c1ccc(C)cc1)c1ccccc1N. The van der Waals surface area contributed by atoms with Crippen LogP contribution < -0.4 is 10.6 Å². The summed E-state index contributed by atoms with van der Waals surface area (Å²) in [7, 11) is 0. The van der Waals surface area contributed by atoms with Gasteiger partial charge in [-0.1, -0.05) is 29.8 Å². The predicted molar refractivity (Wildman–Crippen MR) is 74.7 cm³/mol. The molecule has 2 rings (SSSR count). The Morgan fingerprint density at radius 3 is 2.24 bits per heavy atom. The van der Waals surface area contributed by atoms with E-state index in [4.69, 9.17) is 5.73 Å². The number of nitrogen functional groups attached to an aromatic ring is 1. The van der Waals surface area contributed by atoms with Crippen molar-refractivity contribution < 1.29 is 0 Å². The molecule has 0 aromatic heterocycles. The van der Waals surface area contributed by atoms with Crippen LogP contribution in [0.5, 0.6) is 0 Å². The van der Waals surface area contributed by atoms with E-state index in [1.807, 2.05) is 18.2 Å². The molecule has 0 heterocycles. The van der Waals surface area contributed by atoms with Crippen molar-refractivity contribution in [3.8, 4) is 0 Å². The molecule has 0 spiro atoms. The molecule has 0 unspecified atom stereocenters. The molecule has 0 fully saturated rings. The van der Waals surface area contributed by atoms with Gasteiger partial charge in [0.15, 0.2) is 0 Å². The molecule has 0 atom stereocenters. The highest BCUT2D eigenvalue weighted by molar-refractivity contribution is 5.74. The lowest BCUT2D eigenvalue weighted by atomic mass is 10.2. The summed E-state index contributed by atoms with van der Waals surface area (Å²) < 4.78 is 0. The third-order valence-corrected chi connectivity index (χ3v) is 2.89. The summed E-state index contributed by atoms with van der Waals surface area (Å²) in [5, 5.41) is 0. The van der Waals surface area contributed by atoms with Gasteiger partial charge in [0.1, 0.15) is 0 Å². The van der Waals surface area contributed by atoms with E-state index in [1.54, 1.807) is 0 Å². The average molecular weight is 226 g/mol. The van der Waals surface area contributed by atoms with E-state index in [-0.39, 0.29) is 0 Å². The molecule has 0 saturated carbocycles. The fourth-order valence-electron chi connectivity index (χ4n) is 1.95. The molecular weight excluding hydrogens is 208 g/mol. The van der Waals surface area contributed by atoms with Crippen LogP contribution >= 0.6 is 0 Å². The quantitative estimate of drug-likeness (QED) is 0.808. The lowest BCUT2D eigenvalue weighted by molar-refractivity contribution is 1.02. The van der Waals surface area contributed by atoms with Crippen molar-refractivity contribution in [1.29, 1.82) is 0 Å². The zero-order valence-electron chi connectivity index (χ0n) is 10.4. The second kappa shape index (κ2) is 4.91. The molecule has 2 nitrogen and oxygen atoms in total. The first kappa shape index (κ1) is 11.5. The first-order valence-electron chi connectivity index (χ1n) is 5.91. The van der Waals surface area contributed by atoms with Crippen LogP contribution in [0.4, 0.5) is 17.1 Å². The van der Waals surface area contributed by atoms with Crippen LogP contribution in [0, 0.1) is 6.92 Å². The number of para-hydroxylation sites is 2. The highest BCUT2D eigenvalue weighted by Crippen LogP contribution is 2.29. The molecule has 0 aliphatic heterocycles. The van der Waals surface area contributed by atoms with Crippen LogP contribution in [0.3, 0.4) is 0 Å². The fraction of sp³-hybridized carbons (Fsp3) is 0.200.